The Labute approximate surface area is 115 Å². The highest BCUT2D eigenvalue weighted by molar-refractivity contribution is 6.00. The van der Waals surface area contributed by atoms with Gasteiger partial charge >= 0.3 is 0 Å². The molecule has 1 aliphatic carbocycles. The van der Waals surface area contributed by atoms with Crippen molar-refractivity contribution in [3.63, 3.8) is 0 Å². The van der Waals surface area contributed by atoms with E-state index in [-0.39, 0.29) is 37.9 Å². The van der Waals surface area contributed by atoms with E-state index in [1.54, 1.807) is 18.2 Å². The lowest BCUT2D eigenvalue weighted by Crippen LogP contribution is -2.47. The molecule has 1 spiro atoms. The van der Waals surface area contributed by atoms with Crippen LogP contribution in [-0.2, 0) is 0 Å². The van der Waals surface area contributed by atoms with Crippen LogP contribution in [0.15, 0.2) is 18.2 Å². The highest BCUT2D eigenvalue weighted by Crippen LogP contribution is 2.46. The molecule has 1 aromatic carbocycles. The number of halogens is 2. The van der Waals surface area contributed by atoms with Gasteiger partial charge in [0.25, 0.3) is 0 Å². The molecule has 0 N–H and O–H groups in total. The first-order valence-electron chi connectivity index (χ1n) is 6.71. The lowest BCUT2D eigenvalue weighted by molar-refractivity contribution is -0.0946. The highest BCUT2D eigenvalue weighted by Gasteiger charge is 2.48. The number of ether oxygens (including phenoxy) is 2. The molecule has 1 aliphatic heterocycles. The van der Waals surface area contributed by atoms with E-state index in [1.165, 1.54) is 7.11 Å². The van der Waals surface area contributed by atoms with Crippen molar-refractivity contribution in [3.05, 3.63) is 23.8 Å². The maximum absolute atomic E-state index is 13.3. The molecule has 0 unspecified atom stereocenters. The maximum atomic E-state index is 13.3. The Kier molecular flexibility index (Phi) is 2.96. The lowest BCUT2D eigenvalue weighted by Gasteiger charge is -2.42. The summed E-state index contributed by atoms with van der Waals surface area (Å²) in [5, 5.41) is 0. The first-order chi connectivity index (χ1) is 9.43. The van der Waals surface area contributed by atoms with Crippen LogP contribution in [0.4, 0.5) is 8.78 Å². The van der Waals surface area contributed by atoms with Crippen LogP contribution >= 0.6 is 0 Å². The van der Waals surface area contributed by atoms with E-state index in [0.29, 0.717) is 17.1 Å². The SMILES string of the molecule is COc1ccc2c(c1)C(=O)CC1(CCC(F)(F)CC1)O2. The van der Waals surface area contributed by atoms with Gasteiger partial charge in [-0.05, 0) is 31.0 Å². The molecule has 20 heavy (non-hydrogen) atoms. The summed E-state index contributed by atoms with van der Waals surface area (Å²) in [5.41, 5.74) is -0.271. The minimum absolute atomic E-state index is 0.0598. The number of ketones is 1. The van der Waals surface area contributed by atoms with Crippen LogP contribution in [0.5, 0.6) is 11.5 Å². The third-order valence-electron chi connectivity index (χ3n) is 4.19. The number of hydrogen-bond acceptors (Lipinski definition) is 3. The van der Waals surface area contributed by atoms with Gasteiger partial charge in [-0.15, -0.1) is 0 Å². The van der Waals surface area contributed by atoms with Crippen molar-refractivity contribution >= 4 is 5.78 Å². The molecule has 0 atom stereocenters. The van der Waals surface area contributed by atoms with Crippen molar-refractivity contribution in [1.29, 1.82) is 0 Å². The third-order valence-corrected chi connectivity index (χ3v) is 4.19. The normalized spacial score (nSPS) is 23.1. The Morgan fingerprint density at radius 3 is 2.55 bits per heavy atom. The molecular weight excluding hydrogens is 266 g/mol. The van der Waals surface area contributed by atoms with E-state index in [9.17, 15) is 13.6 Å². The second kappa shape index (κ2) is 4.43. The summed E-state index contributed by atoms with van der Waals surface area (Å²) in [5.74, 6) is -1.62. The van der Waals surface area contributed by atoms with Crippen molar-refractivity contribution in [1.82, 2.24) is 0 Å². The molecule has 3 rings (SSSR count). The van der Waals surface area contributed by atoms with Crippen LogP contribution in [0.25, 0.3) is 0 Å². The summed E-state index contributed by atoms with van der Waals surface area (Å²) in [7, 11) is 1.53. The Morgan fingerprint density at radius 1 is 1.20 bits per heavy atom. The Balaban J connectivity index is 1.88. The molecule has 0 bridgehead atoms. The van der Waals surface area contributed by atoms with Gasteiger partial charge in [-0.25, -0.2) is 8.78 Å². The average molecular weight is 282 g/mol. The smallest absolute Gasteiger partial charge is 0.248 e. The van der Waals surface area contributed by atoms with Gasteiger partial charge in [0.2, 0.25) is 5.92 Å². The Hall–Kier alpha value is -1.65. The van der Waals surface area contributed by atoms with E-state index in [0.717, 1.165) is 0 Å². The topological polar surface area (TPSA) is 35.5 Å². The van der Waals surface area contributed by atoms with Gasteiger partial charge in [0.1, 0.15) is 17.1 Å². The van der Waals surface area contributed by atoms with Crippen LogP contribution in [-0.4, -0.2) is 24.4 Å². The number of rotatable bonds is 1. The largest absolute Gasteiger partial charge is 0.497 e. The minimum Gasteiger partial charge on any atom is -0.497 e. The van der Waals surface area contributed by atoms with Crippen LogP contribution < -0.4 is 9.47 Å². The number of alkyl halides is 2. The molecule has 0 saturated heterocycles. The van der Waals surface area contributed by atoms with E-state index in [2.05, 4.69) is 0 Å². The molecule has 5 heteroatoms. The van der Waals surface area contributed by atoms with Gasteiger partial charge in [0.05, 0.1) is 19.1 Å². The molecule has 0 amide bonds. The maximum Gasteiger partial charge on any atom is 0.248 e. The summed E-state index contributed by atoms with van der Waals surface area (Å²) in [6.45, 7) is 0. The van der Waals surface area contributed by atoms with Crippen molar-refractivity contribution < 1.29 is 23.0 Å². The van der Waals surface area contributed by atoms with Crippen molar-refractivity contribution in [2.24, 2.45) is 0 Å². The molecule has 1 saturated carbocycles. The zero-order valence-electron chi connectivity index (χ0n) is 11.2. The molecular formula is C15H16F2O3. The second-order valence-electron chi connectivity index (χ2n) is 5.60. The van der Waals surface area contributed by atoms with E-state index in [1.807, 2.05) is 0 Å². The number of hydrogen-bond donors (Lipinski definition) is 0. The minimum atomic E-state index is -2.63. The fraction of sp³-hybridized carbons (Fsp3) is 0.533. The van der Waals surface area contributed by atoms with E-state index >= 15 is 0 Å². The third kappa shape index (κ3) is 2.25. The van der Waals surface area contributed by atoms with Gasteiger partial charge in [-0.3, -0.25) is 4.79 Å². The molecule has 0 aromatic heterocycles. The van der Waals surface area contributed by atoms with E-state index < -0.39 is 11.5 Å². The number of carbonyl (C=O) groups is 1. The predicted octanol–water partition coefficient (Wildman–Crippen LogP) is 3.61. The van der Waals surface area contributed by atoms with E-state index in [4.69, 9.17) is 9.47 Å². The summed E-state index contributed by atoms with van der Waals surface area (Å²) >= 11 is 0. The van der Waals surface area contributed by atoms with Gasteiger partial charge in [0, 0.05) is 12.8 Å². The fourth-order valence-corrected chi connectivity index (χ4v) is 2.95. The fourth-order valence-electron chi connectivity index (χ4n) is 2.95. The predicted molar refractivity (Wildman–Crippen MR) is 68.7 cm³/mol. The summed E-state index contributed by atoms with van der Waals surface area (Å²) in [4.78, 5) is 12.3. The Bertz CT molecular complexity index is 544. The zero-order valence-corrected chi connectivity index (χ0v) is 11.2. The summed E-state index contributed by atoms with van der Waals surface area (Å²) < 4.78 is 37.6. The average Bonchev–Trinajstić information content (AvgIpc) is 2.43. The van der Waals surface area contributed by atoms with Crippen LogP contribution in [0.3, 0.4) is 0 Å². The number of carbonyl (C=O) groups excluding carboxylic acids is 1. The van der Waals surface area contributed by atoms with Gasteiger partial charge in [0.15, 0.2) is 5.78 Å². The molecule has 1 aromatic rings. The van der Waals surface area contributed by atoms with Crippen LogP contribution in [0, 0.1) is 0 Å². The first-order valence-corrected chi connectivity index (χ1v) is 6.71. The summed E-state index contributed by atoms with van der Waals surface area (Å²) in [6, 6.07) is 5.03. The Morgan fingerprint density at radius 2 is 1.90 bits per heavy atom. The van der Waals surface area contributed by atoms with Crippen molar-refractivity contribution in [2.75, 3.05) is 7.11 Å². The number of benzene rings is 1. The highest BCUT2D eigenvalue weighted by atomic mass is 19.3. The van der Waals surface area contributed by atoms with Crippen molar-refractivity contribution in [2.45, 2.75) is 43.6 Å². The quantitative estimate of drug-likeness (QED) is 0.789. The van der Waals surface area contributed by atoms with Gasteiger partial charge < -0.3 is 9.47 Å². The van der Waals surface area contributed by atoms with Gasteiger partial charge in [-0.2, -0.15) is 0 Å². The molecule has 2 aliphatic rings. The number of Topliss-reactive ketones (excluding diaryl/α,β-unsaturated/α-hetero) is 1. The zero-order chi connectivity index (χ0) is 14.4. The lowest BCUT2D eigenvalue weighted by atomic mass is 9.77. The molecule has 0 radical (unpaired) electrons. The first kappa shape index (κ1) is 13.3. The monoisotopic (exact) mass is 282 g/mol. The molecule has 1 heterocycles. The standard InChI is InChI=1S/C15H16F2O3/c1-19-10-2-3-13-11(8-10)12(18)9-14(20-13)4-6-15(16,17)7-5-14/h2-3,8H,4-7,9H2,1H3. The molecule has 3 nitrogen and oxygen atoms in total. The molecule has 1 fully saturated rings. The molecule has 108 valence electrons. The van der Waals surface area contributed by atoms with Crippen molar-refractivity contribution in [3.8, 4) is 11.5 Å². The summed E-state index contributed by atoms with van der Waals surface area (Å²) in [6.07, 6.45) is 0.176. The number of methoxy groups -OCH3 is 1. The van der Waals surface area contributed by atoms with Crippen LogP contribution in [0.2, 0.25) is 0 Å². The second-order valence-corrected chi connectivity index (χ2v) is 5.60. The van der Waals surface area contributed by atoms with Crippen LogP contribution in [0.1, 0.15) is 42.5 Å². The number of fused-ring (bicyclic) bond motifs is 1. The van der Waals surface area contributed by atoms with Gasteiger partial charge in [-0.1, -0.05) is 0 Å².